The number of aromatic nitrogens is 4. The molecule has 5 atom stereocenters. The van der Waals surface area contributed by atoms with Crippen LogP contribution in [0.4, 0.5) is 10.2 Å². The number of hydrogen-bond acceptors (Lipinski definition) is 11. The standard InChI is InChI=1S/C41H38FN6O7P.2C3H7.Ni/c1-50-31-18-14-29(15-19-31)41(28-12-7-4-8-13-28,30-16-20-32(51-2)21-17-30)52-24-33-34(42)36(55-56-53-23-9-22-43)40(54-33)48-26-46-35-37(44-25-45-38(35)48)47-39(49)27-10-5-3-6-11-27;2*1-3-2;/h3-8,10-21,25-26,33-34,36,40,56H,9,23-24H2,1-2H3,(H,44,45,47,49);2*1,3H2,2H3;/q;2*-1;+2/t33-,34-,36-,40-;;;/m1.../s1. The molecule has 0 spiro atoms. The number of alkyl halides is 1. The summed E-state index contributed by atoms with van der Waals surface area (Å²) in [5.41, 5.74) is 2.07. The first-order valence-corrected chi connectivity index (χ1v) is 20.9. The summed E-state index contributed by atoms with van der Waals surface area (Å²) in [4.78, 5) is 26.2. The van der Waals surface area contributed by atoms with E-state index in [9.17, 15) is 4.79 Å². The molecular weight excluding hydrogens is 869 g/mol. The summed E-state index contributed by atoms with van der Waals surface area (Å²) in [6, 6.07) is 35.4. The Hall–Kier alpha value is -5.32. The summed E-state index contributed by atoms with van der Waals surface area (Å²) >= 11 is 0. The number of fused-ring (bicyclic) bond motifs is 1. The van der Waals surface area contributed by atoms with Gasteiger partial charge < -0.3 is 47.2 Å². The fourth-order valence-corrected chi connectivity index (χ4v) is 7.20. The summed E-state index contributed by atoms with van der Waals surface area (Å²) in [6.07, 6.45) is -0.284. The third kappa shape index (κ3) is 12.4. The van der Waals surface area contributed by atoms with Crippen LogP contribution in [0.25, 0.3) is 11.2 Å². The average Bonchev–Trinajstić information content (AvgIpc) is 3.88. The Morgan fingerprint density at radius 1 is 0.873 bits per heavy atom. The molecular formula is C47H52FN6NiO7P. The van der Waals surface area contributed by atoms with Crippen LogP contribution < -0.4 is 14.8 Å². The van der Waals surface area contributed by atoms with Crippen LogP contribution in [-0.4, -0.2) is 71.2 Å². The number of ether oxygens (including phenoxy) is 4. The molecule has 0 bridgehead atoms. The van der Waals surface area contributed by atoms with Gasteiger partial charge in [0.1, 0.15) is 35.6 Å². The Labute approximate surface area is 380 Å². The van der Waals surface area contributed by atoms with Gasteiger partial charge in [-0.2, -0.15) is 18.1 Å². The molecule has 334 valence electrons. The van der Waals surface area contributed by atoms with Crippen LogP contribution in [0.1, 0.15) is 66.4 Å². The normalized spacial score (nSPS) is 16.8. The Morgan fingerprint density at radius 2 is 1.43 bits per heavy atom. The number of methoxy groups -OCH3 is 2. The van der Waals surface area contributed by atoms with Crippen molar-refractivity contribution in [1.29, 1.82) is 5.26 Å². The Morgan fingerprint density at radius 3 is 1.98 bits per heavy atom. The van der Waals surface area contributed by atoms with Crippen molar-refractivity contribution in [2.45, 2.75) is 63.3 Å². The molecule has 1 aliphatic heterocycles. The molecule has 1 fully saturated rings. The molecule has 1 N–H and O–H groups in total. The fourth-order valence-electron chi connectivity index (χ4n) is 6.59. The van der Waals surface area contributed by atoms with Crippen LogP contribution in [0.15, 0.2) is 122 Å². The van der Waals surface area contributed by atoms with Crippen molar-refractivity contribution in [2.75, 3.05) is 32.8 Å². The molecule has 0 aliphatic carbocycles. The van der Waals surface area contributed by atoms with Crippen LogP contribution in [0.3, 0.4) is 0 Å². The Bertz CT molecular complexity index is 2250. The number of carbonyl (C=O) groups excluding carboxylic acids is 1. The van der Waals surface area contributed by atoms with Gasteiger partial charge in [0.25, 0.3) is 5.91 Å². The molecule has 1 amide bonds. The van der Waals surface area contributed by atoms with Gasteiger partial charge in [0.15, 0.2) is 38.4 Å². The van der Waals surface area contributed by atoms with Gasteiger partial charge >= 0.3 is 16.5 Å². The number of hydrogen-bond donors (Lipinski definition) is 1. The third-order valence-corrected chi connectivity index (χ3v) is 10.1. The minimum atomic E-state index is -1.72. The summed E-state index contributed by atoms with van der Waals surface area (Å²) in [7, 11) is 2.60. The SMILES string of the molecule is COc1ccc(C(OC[C@H]2O[C@@H](n3cnc4c(NC(=O)c5ccccc5)ncnc43)[C@H](OPOCCC#N)[C@@H]2F)(c2ccccc2)c2ccc(OC)cc2)cc1.[CH2-]CC.[CH2-]CC.[Ni+2]. The molecule has 16 heteroatoms. The van der Waals surface area contributed by atoms with Gasteiger partial charge in [-0.15, -0.1) is 0 Å². The molecule has 0 radical (unpaired) electrons. The van der Waals surface area contributed by atoms with Crippen molar-refractivity contribution in [3.63, 3.8) is 0 Å². The van der Waals surface area contributed by atoms with E-state index in [1.807, 2.05) is 105 Å². The number of carbonyl (C=O) groups is 1. The van der Waals surface area contributed by atoms with Gasteiger partial charge in [-0.3, -0.25) is 9.36 Å². The molecule has 4 aromatic carbocycles. The first-order valence-electron chi connectivity index (χ1n) is 20.1. The number of nitrogens with zero attached hydrogens (tertiary/aromatic N) is 5. The Kier molecular flexibility index (Phi) is 20.5. The number of imidazole rings is 1. The first-order chi connectivity index (χ1) is 30.3. The second-order valence-corrected chi connectivity index (χ2v) is 14.3. The van der Waals surface area contributed by atoms with Crippen molar-refractivity contribution < 1.29 is 53.7 Å². The van der Waals surface area contributed by atoms with Crippen molar-refractivity contribution in [2.24, 2.45) is 0 Å². The van der Waals surface area contributed by atoms with Crippen LogP contribution in [0.5, 0.6) is 11.5 Å². The van der Waals surface area contributed by atoms with E-state index in [0.717, 1.165) is 29.5 Å². The minimum Gasteiger partial charge on any atom is -0.497 e. The van der Waals surface area contributed by atoms with E-state index < -0.39 is 39.2 Å². The molecule has 3 heterocycles. The molecule has 63 heavy (non-hydrogen) atoms. The zero-order valence-electron chi connectivity index (χ0n) is 35.6. The molecule has 6 aromatic rings. The van der Waals surface area contributed by atoms with E-state index in [2.05, 4.69) is 34.1 Å². The maximum Gasteiger partial charge on any atom is 2.00 e. The molecule has 1 unspecified atom stereocenters. The number of benzene rings is 4. The quantitative estimate of drug-likeness (QED) is 0.0325. The summed E-state index contributed by atoms with van der Waals surface area (Å²) in [5.74, 6) is 1.11. The van der Waals surface area contributed by atoms with Gasteiger partial charge in [-0.1, -0.05) is 86.6 Å². The van der Waals surface area contributed by atoms with Crippen LogP contribution >= 0.6 is 9.03 Å². The number of nitriles is 1. The van der Waals surface area contributed by atoms with E-state index in [4.69, 9.17) is 33.3 Å². The molecule has 1 aliphatic rings. The summed E-state index contributed by atoms with van der Waals surface area (Å²) in [5, 5.41) is 11.8. The second kappa shape index (κ2) is 25.7. The number of nitrogens with one attached hydrogen (secondary N) is 1. The van der Waals surface area contributed by atoms with Gasteiger partial charge in [0.2, 0.25) is 0 Å². The molecule has 0 saturated carbocycles. The van der Waals surface area contributed by atoms with E-state index >= 15 is 4.39 Å². The smallest absolute Gasteiger partial charge is 0.497 e. The average molecular weight is 922 g/mol. The minimum absolute atomic E-state index is 0. The zero-order chi connectivity index (χ0) is 44.3. The van der Waals surface area contributed by atoms with Gasteiger partial charge in [0, 0.05) is 5.56 Å². The van der Waals surface area contributed by atoms with Crippen LogP contribution in [0.2, 0.25) is 0 Å². The molecule has 1 saturated heterocycles. The monoisotopic (exact) mass is 920 g/mol. The predicted octanol–water partition coefficient (Wildman–Crippen LogP) is 9.62. The van der Waals surface area contributed by atoms with Gasteiger partial charge in [-0.25, -0.2) is 19.3 Å². The summed E-state index contributed by atoms with van der Waals surface area (Å²) < 4.78 is 54.4. The van der Waals surface area contributed by atoms with Crippen LogP contribution in [0, 0.1) is 25.2 Å². The van der Waals surface area contributed by atoms with E-state index in [1.165, 1.54) is 12.7 Å². The molecule has 2 aromatic heterocycles. The topological polar surface area (TPSA) is 152 Å². The van der Waals surface area contributed by atoms with E-state index in [0.29, 0.717) is 17.1 Å². The molecule has 13 nitrogen and oxygen atoms in total. The second-order valence-electron chi connectivity index (χ2n) is 13.6. The number of amides is 1. The number of rotatable bonds is 16. The van der Waals surface area contributed by atoms with Crippen LogP contribution in [-0.2, 0) is 40.6 Å². The largest absolute Gasteiger partial charge is 2.00 e. The number of anilines is 1. The number of halogens is 1. The maximum absolute atomic E-state index is 16.9. The van der Waals surface area contributed by atoms with E-state index in [-0.39, 0.29) is 59.0 Å². The van der Waals surface area contributed by atoms with Crippen molar-refractivity contribution in [1.82, 2.24) is 19.5 Å². The predicted molar refractivity (Wildman–Crippen MR) is 237 cm³/mol. The van der Waals surface area contributed by atoms with E-state index in [1.54, 1.807) is 43.1 Å². The summed E-state index contributed by atoms with van der Waals surface area (Å²) in [6.45, 7) is 10.9. The van der Waals surface area contributed by atoms with Crippen molar-refractivity contribution in [3.8, 4) is 17.6 Å². The molecule has 7 rings (SSSR count). The van der Waals surface area contributed by atoms with Gasteiger partial charge in [0.05, 0.1) is 46.3 Å². The third-order valence-electron chi connectivity index (χ3n) is 9.36. The van der Waals surface area contributed by atoms with Gasteiger partial charge in [-0.05, 0) is 53.1 Å². The zero-order valence-corrected chi connectivity index (χ0v) is 37.6. The fraction of sp³-hybridized carbons (Fsp3) is 0.298. The maximum atomic E-state index is 16.9. The Balaban J connectivity index is 0.00000118. The first kappa shape index (κ1) is 50.3. The van der Waals surface area contributed by atoms with Crippen molar-refractivity contribution >= 4 is 31.9 Å². The van der Waals surface area contributed by atoms with Crippen molar-refractivity contribution in [3.05, 3.63) is 158 Å².